The second-order valence-electron chi connectivity index (χ2n) is 5.15. The molecule has 2 rings (SSSR count). The molecule has 0 bridgehead atoms. The molecule has 0 N–H and O–H groups in total. The number of benzene rings is 1. The van der Waals surface area contributed by atoms with Gasteiger partial charge in [-0.25, -0.2) is 0 Å². The monoisotopic (exact) mass is 227 g/mol. The van der Waals surface area contributed by atoms with Crippen LogP contribution in [0, 0.1) is 0 Å². The first-order valence-corrected chi connectivity index (χ1v) is 6.52. The molecule has 0 spiro atoms. The quantitative estimate of drug-likeness (QED) is 0.728. The van der Waals surface area contributed by atoms with Crippen LogP contribution in [0.3, 0.4) is 0 Å². The van der Waals surface area contributed by atoms with E-state index in [2.05, 4.69) is 56.9 Å². The highest BCUT2D eigenvalue weighted by Gasteiger charge is 2.09. The smallest absolute Gasteiger partial charge is 0.0705 e. The molecule has 0 fully saturated rings. The van der Waals surface area contributed by atoms with Gasteiger partial charge in [0.2, 0.25) is 0 Å². The lowest BCUT2D eigenvalue weighted by Gasteiger charge is -2.13. The molecule has 0 saturated carbocycles. The molecule has 0 aliphatic rings. The molecule has 0 aliphatic carbocycles. The standard InChI is InChI=1S/C16H21N/c1-5-12(4)13-9-15-14(11(2)3)7-6-8-16(15)17-10-13/h6-12H,5H2,1-4H3/t12-/m0/s1. The van der Waals surface area contributed by atoms with Gasteiger partial charge < -0.3 is 0 Å². The average Bonchev–Trinajstić information content (AvgIpc) is 2.36. The Morgan fingerprint density at radius 1 is 1.18 bits per heavy atom. The summed E-state index contributed by atoms with van der Waals surface area (Å²) in [4.78, 5) is 4.59. The summed E-state index contributed by atoms with van der Waals surface area (Å²) >= 11 is 0. The van der Waals surface area contributed by atoms with E-state index in [0.717, 1.165) is 11.9 Å². The van der Waals surface area contributed by atoms with Crippen molar-refractivity contribution in [2.45, 2.75) is 46.0 Å². The maximum absolute atomic E-state index is 4.59. The molecular formula is C16H21N. The van der Waals surface area contributed by atoms with Gasteiger partial charge in [-0.15, -0.1) is 0 Å². The van der Waals surface area contributed by atoms with E-state index in [1.165, 1.54) is 16.5 Å². The average molecular weight is 227 g/mol. The lowest BCUT2D eigenvalue weighted by Crippen LogP contribution is -1.96. The Bertz CT molecular complexity index is 514. The molecule has 0 unspecified atom stereocenters. The maximum atomic E-state index is 4.59. The number of aromatic nitrogens is 1. The summed E-state index contributed by atoms with van der Waals surface area (Å²) < 4.78 is 0. The molecule has 1 atom stereocenters. The maximum Gasteiger partial charge on any atom is 0.0705 e. The molecule has 0 radical (unpaired) electrons. The third-order valence-electron chi connectivity index (χ3n) is 3.58. The van der Waals surface area contributed by atoms with Crippen LogP contribution in [0.4, 0.5) is 0 Å². The number of nitrogens with zero attached hydrogens (tertiary/aromatic N) is 1. The summed E-state index contributed by atoms with van der Waals surface area (Å²) in [6, 6.07) is 8.75. The fourth-order valence-corrected chi connectivity index (χ4v) is 2.20. The second kappa shape index (κ2) is 4.87. The summed E-state index contributed by atoms with van der Waals surface area (Å²) in [5.74, 6) is 1.14. The van der Waals surface area contributed by atoms with E-state index in [0.29, 0.717) is 11.8 Å². The first-order valence-electron chi connectivity index (χ1n) is 6.52. The van der Waals surface area contributed by atoms with Crippen LogP contribution < -0.4 is 0 Å². The SMILES string of the molecule is CC[C@H](C)c1cnc2cccc(C(C)C)c2c1. The lowest BCUT2D eigenvalue weighted by molar-refractivity contribution is 0.731. The van der Waals surface area contributed by atoms with Crippen LogP contribution in [0.1, 0.15) is 57.1 Å². The van der Waals surface area contributed by atoms with Crippen molar-refractivity contribution in [3.63, 3.8) is 0 Å². The molecule has 0 aliphatic heterocycles. The fraction of sp³-hybridized carbons (Fsp3) is 0.438. The second-order valence-corrected chi connectivity index (χ2v) is 5.15. The highest BCUT2D eigenvalue weighted by molar-refractivity contribution is 5.83. The van der Waals surface area contributed by atoms with Crippen molar-refractivity contribution in [1.29, 1.82) is 0 Å². The number of pyridine rings is 1. The Labute approximate surface area is 104 Å². The Balaban J connectivity index is 2.61. The summed E-state index contributed by atoms with van der Waals surface area (Å²) in [7, 11) is 0. The van der Waals surface area contributed by atoms with Gasteiger partial charge in [0.15, 0.2) is 0 Å². The van der Waals surface area contributed by atoms with Crippen LogP contribution in [0.2, 0.25) is 0 Å². The highest BCUT2D eigenvalue weighted by atomic mass is 14.7. The van der Waals surface area contributed by atoms with Crippen LogP contribution in [0.25, 0.3) is 10.9 Å². The van der Waals surface area contributed by atoms with Gasteiger partial charge in [-0.3, -0.25) is 4.98 Å². The predicted octanol–water partition coefficient (Wildman–Crippen LogP) is 4.87. The van der Waals surface area contributed by atoms with E-state index in [4.69, 9.17) is 0 Å². The number of rotatable bonds is 3. The zero-order valence-electron chi connectivity index (χ0n) is 11.2. The normalized spacial score (nSPS) is 13.2. The van der Waals surface area contributed by atoms with Crippen molar-refractivity contribution < 1.29 is 0 Å². The molecule has 1 aromatic heterocycles. The van der Waals surface area contributed by atoms with Gasteiger partial charge in [-0.2, -0.15) is 0 Å². The molecule has 1 heterocycles. The Kier molecular flexibility index (Phi) is 3.46. The van der Waals surface area contributed by atoms with Crippen molar-refractivity contribution in [3.05, 3.63) is 41.6 Å². The molecule has 0 amide bonds. The van der Waals surface area contributed by atoms with Crippen molar-refractivity contribution in [2.75, 3.05) is 0 Å². The first-order chi connectivity index (χ1) is 8.13. The van der Waals surface area contributed by atoms with Gasteiger partial charge in [0, 0.05) is 11.6 Å². The molecule has 1 nitrogen and oxygen atoms in total. The minimum absolute atomic E-state index is 0.549. The van der Waals surface area contributed by atoms with Crippen LogP contribution in [-0.2, 0) is 0 Å². The van der Waals surface area contributed by atoms with Gasteiger partial charge in [-0.1, -0.05) is 39.8 Å². The van der Waals surface area contributed by atoms with Crippen molar-refractivity contribution in [2.24, 2.45) is 0 Å². The van der Waals surface area contributed by atoms with Gasteiger partial charge >= 0.3 is 0 Å². The van der Waals surface area contributed by atoms with Gasteiger partial charge in [-0.05, 0) is 41.5 Å². The number of fused-ring (bicyclic) bond motifs is 1. The fourth-order valence-electron chi connectivity index (χ4n) is 2.20. The molecule has 0 saturated heterocycles. The van der Waals surface area contributed by atoms with Crippen molar-refractivity contribution >= 4 is 10.9 Å². The van der Waals surface area contributed by atoms with Gasteiger partial charge in [0.25, 0.3) is 0 Å². The molecule has 17 heavy (non-hydrogen) atoms. The molecular weight excluding hydrogens is 206 g/mol. The van der Waals surface area contributed by atoms with Crippen LogP contribution in [0.15, 0.2) is 30.5 Å². The van der Waals surface area contributed by atoms with Crippen molar-refractivity contribution in [3.8, 4) is 0 Å². The first kappa shape index (κ1) is 12.1. The zero-order valence-corrected chi connectivity index (χ0v) is 11.2. The zero-order chi connectivity index (χ0) is 12.4. The van der Waals surface area contributed by atoms with Crippen LogP contribution >= 0.6 is 0 Å². The van der Waals surface area contributed by atoms with E-state index in [1.54, 1.807) is 0 Å². The minimum atomic E-state index is 0.549. The van der Waals surface area contributed by atoms with E-state index in [1.807, 2.05) is 6.20 Å². The van der Waals surface area contributed by atoms with Gasteiger partial charge in [0.05, 0.1) is 5.52 Å². The molecule has 2 aromatic rings. The Morgan fingerprint density at radius 3 is 2.59 bits per heavy atom. The minimum Gasteiger partial charge on any atom is -0.256 e. The number of hydrogen-bond acceptors (Lipinski definition) is 1. The van der Waals surface area contributed by atoms with E-state index in [9.17, 15) is 0 Å². The van der Waals surface area contributed by atoms with Crippen LogP contribution in [-0.4, -0.2) is 4.98 Å². The Hall–Kier alpha value is -1.37. The molecule has 90 valence electrons. The third-order valence-corrected chi connectivity index (χ3v) is 3.58. The van der Waals surface area contributed by atoms with Crippen molar-refractivity contribution in [1.82, 2.24) is 4.98 Å². The Morgan fingerprint density at radius 2 is 1.94 bits per heavy atom. The summed E-state index contributed by atoms with van der Waals surface area (Å²) in [5.41, 5.74) is 3.87. The molecule has 1 aromatic carbocycles. The lowest BCUT2D eigenvalue weighted by atomic mass is 9.94. The highest BCUT2D eigenvalue weighted by Crippen LogP contribution is 2.27. The predicted molar refractivity (Wildman–Crippen MR) is 74.5 cm³/mol. The van der Waals surface area contributed by atoms with Crippen LogP contribution in [0.5, 0.6) is 0 Å². The largest absolute Gasteiger partial charge is 0.256 e. The summed E-state index contributed by atoms with van der Waals surface area (Å²) in [5, 5.41) is 1.32. The van der Waals surface area contributed by atoms with E-state index < -0.39 is 0 Å². The third kappa shape index (κ3) is 2.33. The molecule has 1 heteroatoms. The topological polar surface area (TPSA) is 12.9 Å². The summed E-state index contributed by atoms with van der Waals surface area (Å²) in [6.45, 7) is 8.97. The van der Waals surface area contributed by atoms with Gasteiger partial charge in [0.1, 0.15) is 0 Å². The van der Waals surface area contributed by atoms with E-state index >= 15 is 0 Å². The van der Waals surface area contributed by atoms with E-state index in [-0.39, 0.29) is 0 Å². The summed E-state index contributed by atoms with van der Waals surface area (Å²) in [6.07, 6.45) is 3.19. The number of hydrogen-bond donors (Lipinski definition) is 0.